The van der Waals surface area contributed by atoms with Crippen molar-refractivity contribution in [3.8, 4) is 5.75 Å². The second-order valence-corrected chi connectivity index (χ2v) is 5.22. The molecule has 108 valence electrons. The van der Waals surface area contributed by atoms with Crippen LogP contribution in [-0.4, -0.2) is 42.8 Å². The molecule has 0 aliphatic carbocycles. The van der Waals surface area contributed by atoms with Crippen LogP contribution >= 0.6 is 0 Å². The van der Waals surface area contributed by atoms with Crippen LogP contribution in [0.3, 0.4) is 0 Å². The number of carbonyl (C=O) groups excluding carboxylic acids is 1. The molecule has 0 spiro atoms. The Balaban J connectivity index is 1.64. The lowest BCUT2D eigenvalue weighted by molar-refractivity contribution is 0.00949. The summed E-state index contributed by atoms with van der Waals surface area (Å²) >= 11 is 0. The third kappa shape index (κ3) is 2.58. The fourth-order valence-electron chi connectivity index (χ4n) is 2.95. The van der Waals surface area contributed by atoms with Gasteiger partial charge in [0, 0.05) is 5.69 Å². The van der Waals surface area contributed by atoms with Crippen molar-refractivity contribution in [2.45, 2.75) is 31.8 Å². The molecule has 3 rings (SSSR count). The van der Waals surface area contributed by atoms with Crippen molar-refractivity contribution in [3.63, 3.8) is 0 Å². The number of morpholine rings is 1. The maximum absolute atomic E-state index is 12.4. The van der Waals surface area contributed by atoms with Gasteiger partial charge in [-0.1, -0.05) is 0 Å². The topological polar surface area (TPSA) is 50.8 Å². The summed E-state index contributed by atoms with van der Waals surface area (Å²) in [5.41, 5.74) is 0.796. The van der Waals surface area contributed by atoms with Gasteiger partial charge in [-0.25, -0.2) is 4.79 Å². The molecule has 5 nitrogen and oxygen atoms in total. The molecule has 2 fully saturated rings. The lowest BCUT2D eigenvalue weighted by atomic mass is 10.2. The summed E-state index contributed by atoms with van der Waals surface area (Å²) in [6, 6.07) is 7.91. The molecule has 1 N–H and O–H groups in total. The Morgan fingerprint density at radius 3 is 2.55 bits per heavy atom. The smallest absolute Gasteiger partial charge is 0.322 e. The summed E-state index contributed by atoms with van der Waals surface area (Å²) in [7, 11) is 0. The van der Waals surface area contributed by atoms with Gasteiger partial charge < -0.3 is 19.7 Å². The summed E-state index contributed by atoms with van der Waals surface area (Å²) in [6.07, 6.45) is 2.09. The fraction of sp³-hybridized carbons (Fsp3) is 0.533. The van der Waals surface area contributed by atoms with Crippen LogP contribution < -0.4 is 10.1 Å². The molecule has 2 aliphatic rings. The van der Waals surface area contributed by atoms with Crippen LogP contribution in [0.2, 0.25) is 0 Å². The Kier molecular flexibility index (Phi) is 3.78. The largest absolute Gasteiger partial charge is 0.494 e. The van der Waals surface area contributed by atoms with Crippen LogP contribution in [0.1, 0.15) is 19.8 Å². The SMILES string of the molecule is CCOc1ccc(NC(=O)N2[C@@H]3CC[C@H]2COC3)cc1. The molecule has 2 heterocycles. The third-order valence-electron chi connectivity index (χ3n) is 3.89. The van der Waals surface area contributed by atoms with Gasteiger partial charge >= 0.3 is 6.03 Å². The van der Waals surface area contributed by atoms with Gasteiger partial charge in [0.05, 0.1) is 31.9 Å². The summed E-state index contributed by atoms with van der Waals surface area (Å²) in [5.74, 6) is 0.817. The van der Waals surface area contributed by atoms with Crippen molar-refractivity contribution < 1.29 is 14.3 Å². The number of benzene rings is 1. The molecule has 2 aliphatic heterocycles. The zero-order chi connectivity index (χ0) is 13.9. The zero-order valence-electron chi connectivity index (χ0n) is 11.7. The first-order valence-corrected chi connectivity index (χ1v) is 7.18. The highest BCUT2D eigenvalue weighted by molar-refractivity contribution is 5.90. The molecule has 0 saturated carbocycles. The Hall–Kier alpha value is -1.75. The van der Waals surface area contributed by atoms with Gasteiger partial charge in [-0.2, -0.15) is 0 Å². The number of hydrogen-bond donors (Lipinski definition) is 1. The predicted molar refractivity (Wildman–Crippen MR) is 76.1 cm³/mol. The van der Waals surface area contributed by atoms with E-state index in [1.54, 1.807) is 0 Å². The van der Waals surface area contributed by atoms with Crippen molar-refractivity contribution >= 4 is 11.7 Å². The lowest BCUT2D eigenvalue weighted by Gasteiger charge is -2.34. The van der Waals surface area contributed by atoms with Gasteiger partial charge in [0.2, 0.25) is 0 Å². The van der Waals surface area contributed by atoms with E-state index in [4.69, 9.17) is 9.47 Å². The molecular formula is C15H20N2O3. The minimum Gasteiger partial charge on any atom is -0.494 e. The highest BCUT2D eigenvalue weighted by Crippen LogP contribution is 2.29. The molecule has 2 atom stereocenters. The molecule has 0 aromatic heterocycles. The summed E-state index contributed by atoms with van der Waals surface area (Å²) < 4.78 is 10.9. The molecule has 5 heteroatoms. The summed E-state index contributed by atoms with van der Waals surface area (Å²) in [4.78, 5) is 14.3. The van der Waals surface area contributed by atoms with E-state index < -0.39 is 0 Å². The minimum atomic E-state index is -0.0232. The van der Waals surface area contributed by atoms with Gasteiger partial charge in [0.15, 0.2) is 0 Å². The summed E-state index contributed by atoms with van der Waals surface area (Å²) in [5, 5.41) is 2.96. The van der Waals surface area contributed by atoms with Gasteiger partial charge in [-0.3, -0.25) is 0 Å². The Morgan fingerprint density at radius 2 is 1.95 bits per heavy atom. The molecule has 2 amide bonds. The van der Waals surface area contributed by atoms with Crippen LogP contribution in [0.4, 0.5) is 10.5 Å². The van der Waals surface area contributed by atoms with E-state index in [0.29, 0.717) is 19.8 Å². The fourth-order valence-corrected chi connectivity index (χ4v) is 2.95. The first-order chi connectivity index (χ1) is 9.78. The standard InChI is InChI=1S/C15H20N2O3/c1-2-20-14-7-3-11(4-8-14)16-15(18)17-12-5-6-13(17)10-19-9-12/h3-4,7-8,12-13H,2,5-6,9-10H2,1H3,(H,16,18)/t12-,13+. The lowest BCUT2D eigenvalue weighted by Crippen LogP contribution is -2.50. The van der Waals surface area contributed by atoms with E-state index in [9.17, 15) is 4.79 Å². The third-order valence-corrected chi connectivity index (χ3v) is 3.89. The Morgan fingerprint density at radius 1 is 1.30 bits per heavy atom. The number of ether oxygens (including phenoxy) is 2. The number of hydrogen-bond acceptors (Lipinski definition) is 3. The average Bonchev–Trinajstić information content (AvgIpc) is 2.71. The molecule has 0 unspecified atom stereocenters. The Bertz CT molecular complexity index is 459. The maximum atomic E-state index is 12.4. The van der Waals surface area contributed by atoms with Crippen molar-refractivity contribution in [1.82, 2.24) is 4.90 Å². The van der Waals surface area contributed by atoms with Gasteiger partial charge in [0.25, 0.3) is 0 Å². The molecule has 1 aromatic carbocycles. The number of anilines is 1. The predicted octanol–water partition coefficient (Wildman–Crippen LogP) is 2.48. The van der Waals surface area contributed by atoms with E-state index >= 15 is 0 Å². The zero-order valence-corrected chi connectivity index (χ0v) is 11.7. The number of nitrogens with zero attached hydrogens (tertiary/aromatic N) is 1. The second kappa shape index (κ2) is 5.71. The minimum absolute atomic E-state index is 0.0232. The Labute approximate surface area is 118 Å². The quantitative estimate of drug-likeness (QED) is 0.922. The molecule has 0 radical (unpaired) electrons. The van der Waals surface area contributed by atoms with Gasteiger partial charge in [0.1, 0.15) is 5.75 Å². The monoisotopic (exact) mass is 276 g/mol. The van der Waals surface area contributed by atoms with E-state index in [2.05, 4.69) is 5.32 Å². The number of nitrogens with one attached hydrogen (secondary N) is 1. The number of carbonyl (C=O) groups is 1. The number of rotatable bonds is 3. The van der Waals surface area contributed by atoms with Crippen molar-refractivity contribution in [2.75, 3.05) is 25.1 Å². The molecule has 2 saturated heterocycles. The number of urea groups is 1. The number of fused-ring (bicyclic) bond motifs is 2. The van der Waals surface area contributed by atoms with E-state index in [-0.39, 0.29) is 18.1 Å². The van der Waals surface area contributed by atoms with E-state index in [0.717, 1.165) is 24.3 Å². The molecule has 2 bridgehead atoms. The highest BCUT2D eigenvalue weighted by Gasteiger charge is 2.40. The van der Waals surface area contributed by atoms with E-state index in [1.165, 1.54) is 0 Å². The molecule has 20 heavy (non-hydrogen) atoms. The summed E-state index contributed by atoms with van der Waals surface area (Å²) in [6.45, 7) is 3.91. The average molecular weight is 276 g/mol. The molecule has 1 aromatic rings. The van der Waals surface area contributed by atoms with Crippen LogP contribution in [-0.2, 0) is 4.74 Å². The first-order valence-electron chi connectivity index (χ1n) is 7.18. The van der Waals surface area contributed by atoms with E-state index in [1.807, 2.05) is 36.1 Å². The normalized spacial score (nSPS) is 24.6. The first kappa shape index (κ1) is 13.2. The maximum Gasteiger partial charge on any atom is 0.322 e. The number of amides is 2. The molecular weight excluding hydrogens is 256 g/mol. The van der Waals surface area contributed by atoms with Gasteiger partial charge in [-0.05, 0) is 44.0 Å². The van der Waals surface area contributed by atoms with Crippen LogP contribution in [0.5, 0.6) is 5.75 Å². The second-order valence-electron chi connectivity index (χ2n) is 5.22. The van der Waals surface area contributed by atoms with Crippen LogP contribution in [0.15, 0.2) is 24.3 Å². The highest BCUT2D eigenvalue weighted by atomic mass is 16.5. The van der Waals surface area contributed by atoms with Crippen LogP contribution in [0.25, 0.3) is 0 Å². The van der Waals surface area contributed by atoms with Crippen molar-refractivity contribution in [2.24, 2.45) is 0 Å². The van der Waals surface area contributed by atoms with Crippen molar-refractivity contribution in [1.29, 1.82) is 0 Å². The van der Waals surface area contributed by atoms with Gasteiger partial charge in [-0.15, -0.1) is 0 Å². The van der Waals surface area contributed by atoms with Crippen molar-refractivity contribution in [3.05, 3.63) is 24.3 Å². The van der Waals surface area contributed by atoms with Crippen LogP contribution in [0, 0.1) is 0 Å².